The highest BCUT2D eigenvalue weighted by Crippen LogP contribution is 2.24. The van der Waals surface area contributed by atoms with Gasteiger partial charge in [0.2, 0.25) is 10.0 Å². The van der Waals surface area contributed by atoms with Gasteiger partial charge < -0.3 is 0 Å². The summed E-state index contributed by atoms with van der Waals surface area (Å²) in [5.41, 5.74) is 0.645. The lowest BCUT2D eigenvalue weighted by atomic mass is 10.2. The predicted octanol–water partition coefficient (Wildman–Crippen LogP) is 0.267. The van der Waals surface area contributed by atoms with E-state index in [2.05, 4.69) is 15.9 Å². The molecule has 0 radical (unpaired) electrons. The molecule has 0 atom stereocenters. The van der Waals surface area contributed by atoms with Gasteiger partial charge in [-0.15, -0.1) is 0 Å². The van der Waals surface area contributed by atoms with Crippen molar-refractivity contribution in [3.8, 4) is 0 Å². The van der Waals surface area contributed by atoms with Crippen LogP contribution in [-0.4, -0.2) is 51.6 Å². The highest BCUT2D eigenvalue weighted by molar-refractivity contribution is 9.10. The lowest BCUT2D eigenvalue weighted by molar-refractivity contribution is 0.273. The number of rotatable bonds is 3. The van der Waals surface area contributed by atoms with Crippen molar-refractivity contribution in [1.82, 2.24) is 8.61 Å². The maximum Gasteiger partial charge on any atom is 0.276 e. The van der Waals surface area contributed by atoms with Crippen LogP contribution in [0.15, 0.2) is 27.6 Å². The fourth-order valence-corrected chi connectivity index (χ4v) is 5.01. The van der Waals surface area contributed by atoms with Crippen molar-refractivity contribution in [2.75, 3.05) is 26.2 Å². The van der Waals surface area contributed by atoms with Crippen LogP contribution in [0.5, 0.6) is 0 Å². The molecule has 1 aromatic rings. The number of hydrogen-bond acceptors (Lipinski definition) is 4. The Labute approximate surface area is 133 Å². The van der Waals surface area contributed by atoms with Gasteiger partial charge >= 0.3 is 0 Å². The molecule has 1 aliphatic rings. The van der Waals surface area contributed by atoms with Crippen molar-refractivity contribution >= 4 is 36.2 Å². The van der Waals surface area contributed by atoms with Gasteiger partial charge in [0.25, 0.3) is 10.2 Å². The molecule has 10 heteroatoms. The Bertz CT molecular complexity index is 741. The molecule has 0 unspecified atom stereocenters. The minimum absolute atomic E-state index is 0.0606. The van der Waals surface area contributed by atoms with Gasteiger partial charge in [-0.1, -0.05) is 22.0 Å². The van der Waals surface area contributed by atoms with E-state index in [9.17, 15) is 16.8 Å². The SMILES string of the molecule is Cc1ccc(Br)cc1S(=O)(=O)N1CCN(S(N)(=O)=O)CC1. The average molecular weight is 398 g/mol. The molecule has 118 valence electrons. The summed E-state index contributed by atoms with van der Waals surface area (Å²) in [6.07, 6.45) is 0. The summed E-state index contributed by atoms with van der Waals surface area (Å²) >= 11 is 3.26. The van der Waals surface area contributed by atoms with Crippen molar-refractivity contribution < 1.29 is 16.8 Å². The van der Waals surface area contributed by atoms with E-state index in [0.717, 1.165) is 4.31 Å². The Morgan fingerprint density at radius 2 is 1.57 bits per heavy atom. The Morgan fingerprint density at radius 3 is 2.10 bits per heavy atom. The van der Waals surface area contributed by atoms with Crippen LogP contribution in [0.25, 0.3) is 0 Å². The smallest absolute Gasteiger partial charge is 0.216 e. The van der Waals surface area contributed by atoms with Crippen LogP contribution in [0.2, 0.25) is 0 Å². The first-order chi connectivity index (χ1) is 9.62. The molecular formula is C11H16BrN3O4S2. The molecule has 0 saturated carbocycles. The molecule has 2 N–H and O–H groups in total. The van der Waals surface area contributed by atoms with E-state index in [1.54, 1.807) is 25.1 Å². The summed E-state index contributed by atoms with van der Waals surface area (Å²) in [5.74, 6) is 0. The Morgan fingerprint density at radius 1 is 1.05 bits per heavy atom. The predicted molar refractivity (Wildman–Crippen MR) is 82.3 cm³/mol. The third kappa shape index (κ3) is 3.63. The quantitative estimate of drug-likeness (QED) is 0.790. The Hall–Kier alpha value is -0.520. The molecular weight excluding hydrogens is 382 g/mol. The maximum absolute atomic E-state index is 12.6. The second kappa shape index (κ2) is 5.94. The van der Waals surface area contributed by atoms with Crippen molar-refractivity contribution in [3.63, 3.8) is 0 Å². The highest BCUT2D eigenvalue weighted by Gasteiger charge is 2.32. The van der Waals surface area contributed by atoms with E-state index >= 15 is 0 Å². The van der Waals surface area contributed by atoms with Crippen LogP contribution in [0.4, 0.5) is 0 Å². The van der Waals surface area contributed by atoms with Gasteiger partial charge in [-0.05, 0) is 24.6 Å². The van der Waals surface area contributed by atoms with Gasteiger partial charge in [-0.3, -0.25) is 0 Å². The standard InChI is InChI=1S/C11H16BrN3O4S2/c1-9-2-3-10(12)8-11(9)20(16,17)14-4-6-15(7-5-14)21(13,18)19/h2-3,8H,4-7H2,1H3,(H2,13,18,19). The number of piperazine rings is 1. The van der Waals surface area contributed by atoms with Crippen LogP contribution >= 0.6 is 15.9 Å². The van der Waals surface area contributed by atoms with Crippen molar-refractivity contribution in [2.24, 2.45) is 5.14 Å². The third-order valence-electron chi connectivity index (χ3n) is 3.33. The zero-order valence-corrected chi connectivity index (χ0v) is 14.6. The van der Waals surface area contributed by atoms with E-state index in [0.29, 0.717) is 10.0 Å². The summed E-state index contributed by atoms with van der Waals surface area (Å²) in [5, 5.41) is 5.04. The summed E-state index contributed by atoms with van der Waals surface area (Å²) in [4.78, 5) is 0.223. The molecule has 1 saturated heterocycles. The number of nitrogens with zero attached hydrogens (tertiary/aromatic N) is 2. The van der Waals surface area contributed by atoms with E-state index in [-0.39, 0.29) is 31.1 Å². The van der Waals surface area contributed by atoms with E-state index < -0.39 is 20.2 Å². The van der Waals surface area contributed by atoms with Gasteiger partial charge in [0.05, 0.1) is 4.90 Å². The zero-order chi connectivity index (χ0) is 15.8. The zero-order valence-electron chi connectivity index (χ0n) is 11.4. The fourth-order valence-electron chi connectivity index (χ4n) is 2.16. The molecule has 1 fully saturated rings. The first kappa shape index (κ1) is 16.8. The Balaban J connectivity index is 2.25. The lowest BCUT2D eigenvalue weighted by Crippen LogP contribution is -2.52. The molecule has 21 heavy (non-hydrogen) atoms. The minimum Gasteiger partial charge on any atom is -0.216 e. The number of sulfonamides is 1. The molecule has 7 nitrogen and oxygen atoms in total. The molecule has 1 aliphatic heterocycles. The first-order valence-electron chi connectivity index (χ1n) is 6.16. The number of halogens is 1. The van der Waals surface area contributed by atoms with Gasteiger partial charge in [0.15, 0.2) is 0 Å². The van der Waals surface area contributed by atoms with Gasteiger partial charge in [-0.2, -0.15) is 17.0 Å². The van der Waals surface area contributed by atoms with Crippen molar-refractivity contribution in [2.45, 2.75) is 11.8 Å². The van der Waals surface area contributed by atoms with Crippen molar-refractivity contribution in [1.29, 1.82) is 0 Å². The van der Waals surface area contributed by atoms with E-state index in [1.807, 2.05) is 0 Å². The van der Waals surface area contributed by atoms with Crippen LogP contribution in [-0.2, 0) is 20.2 Å². The monoisotopic (exact) mass is 397 g/mol. The lowest BCUT2D eigenvalue weighted by Gasteiger charge is -2.32. The summed E-state index contributed by atoms with van der Waals surface area (Å²) in [6, 6.07) is 5.04. The van der Waals surface area contributed by atoms with Gasteiger partial charge in [0.1, 0.15) is 0 Å². The fraction of sp³-hybridized carbons (Fsp3) is 0.455. The average Bonchev–Trinajstić information content (AvgIpc) is 2.40. The van der Waals surface area contributed by atoms with Crippen molar-refractivity contribution in [3.05, 3.63) is 28.2 Å². The number of hydrogen-bond donors (Lipinski definition) is 1. The van der Waals surface area contributed by atoms with E-state index in [4.69, 9.17) is 5.14 Å². The molecule has 2 rings (SSSR count). The molecule has 0 bridgehead atoms. The normalized spacial score (nSPS) is 18.8. The van der Waals surface area contributed by atoms with E-state index in [1.165, 1.54) is 4.31 Å². The van der Waals surface area contributed by atoms with Crippen LogP contribution in [0.3, 0.4) is 0 Å². The molecule has 0 spiro atoms. The first-order valence-corrected chi connectivity index (χ1v) is 9.90. The van der Waals surface area contributed by atoms with Crippen LogP contribution in [0.1, 0.15) is 5.56 Å². The number of nitrogens with two attached hydrogens (primary N) is 1. The highest BCUT2D eigenvalue weighted by atomic mass is 79.9. The van der Waals surface area contributed by atoms with Gasteiger partial charge in [-0.25, -0.2) is 13.6 Å². The molecule has 0 amide bonds. The third-order valence-corrected chi connectivity index (χ3v) is 6.94. The molecule has 0 aliphatic carbocycles. The molecule has 1 heterocycles. The summed E-state index contributed by atoms with van der Waals surface area (Å²) < 4.78 is 50.8. The van der Waals surface area contributed by atoms with Crippen LogP contribution < -0.4 is 5.14 Å². The summed E-state index contributed by atoms with van der Waals surface area (Å²) in [6.45, 7) is 2.02. The Kier molecular flexibility index (Phi) is 4.76. The number of benzene rings is 1. The molecule has 1 aromatic carbocycles. The number of aryl methyl sites for hydroxylation is 1. The topological polar surface area (TPSA) is 101 Å². The minimum atomic E-state index is -3.77. The maximum atomic E-state index is 12.6. The van der Waals surface area contributed by atoms with Crippen LogP contribution in [0, 0.1) is 6.92 Å². The summed E-state index contributed by atoms with van der Waals surface area (Å²) in [7, 11) is -7.41. The second-order valence-corrected chi connectivity index (χ2v) is 9.13. The second-order valence-electron chi connectivity index (χ2n) is 4.76. The molecule has 0 aromatic heterocycles. The largest absolute Gasteiger partial charge is 0.276 e. The van der Waals surface area contributed by atoms with Gasteiger partial charge in [0, 0.05) is 30.7 Å².